The number of nitrogens with zero attached hydrogens (tertiary/aromatic N) is 2. The highest BCUT2D eigenvalue weighted by Crippen LogP contribution is 2.28. The molecule has 22 heavy (non-hydrogen) atoms. The summed E-state index contributed by atoms with van der Waals surface area (Å²) in [6.07, 6.45) is 3.31. The molecule has 0 spiro atoms. The van der Waals surface area contributed by atoms with Crippen LogP contribution in [0.25, 0.3) is 10.9 Å². The smallest absolute Gasteiger partial charge is 0.137 e. The summed E-state index contributed by atoms with van der Waals surface area (Å²) in [5.41, 5.74) is 9.93. The molecule has 0 fully saturated rings. The number of benzene rings is 2. The van der Waals surface area contributed by atoms with Crippen molar-refractivity contribution in [3.63, 3.8) is 0 Å². The van der Waals surface area contributed by atoms with Crippen molar-refractivity contribution < 1.29 is 4.39 Å². The molecule has 0 saturated carbocycles. The van der Waals surface area contributed by atoms with Crippen LogP contribution in [0.1, 0.15) is 11.1 Å². The first-order chi connectivity index (χ1) is 10.7. The van der Waals surface area contributed by atoms with E-state index in [9.17, 15) is 4.39 Å². The number of aromatic nitrogens is 2. The molecule has 3 aromatic rings. The highest BCUT2D eigenvalue weighted by atomic mass is 19.1. The first kappa shape index (κ1) is 13.0. The van der Waals surface area contributed by atoms with Gasteiger partial charge in [-0.25, -0.2) is 14.4 Å². The molecule has 0 radical (unpaired) electrons. The molecule has 1 atom stereocenters. The third kappa shape index (κ3) is 2.24. The Kier molecular flexibility index (Phi) is 2.92. The summed E-state index contributed by atoms with van der Waals surface area (Å²) in [5.74, 6) is 0.392. The maximum atomic E-state index is 13.5. The summed E-state index contributed by atoms with van der Waals surface area (Å²) in [5, 5.41) is 4.13. The van der Waals surface area contributed by atoms with Crippen molar-refractivity contribution in [3.05, 3.63) is 59.7 Å². The number of nitrogen functional groups attached to an aromatic ring is 1. The normalized spacial score (nSPS) is 16.7. The third-order valence-electron chi connectivity index (χ3n) is 4.10. The Bertz CT molecular complexity index is 862. The predicted molar refractivity (Wildman–Crippen MR) is 85.2 cm³/mol. The van der Waals surface area contributed by atoms with Crippen LogP contribution >= 0.6 is 0 Å². The molecule has 1 heterocycles. The van der Waals surface area contributed by atoms with Gasteiger partial charge >= 0.3 is 0 Å². The molecule has 4 rings (SSSR count). The summed E-state index contributed by atoms with van der Waals surface area (Å²) in [4.78, 5) is 8.45. The fraction of sp³-hybridized carbons (Fsp3) is 0.176. The number of halogens is 1. The Labute approximate surface area is 127 Å². The number of fused-ring (bicyclic) bond motifs is 2. The van der Waals surface area contributed by atoms with Crippen LogP contribution < -0.4 is 11.1 Å². The summed E-state index contributed by atoms with van der Waals surface area (Å²) in [6.45, 7) is 0. The summed E-state index contributed by atoms with van der Waals surface area (Å²) in [7, 11) is 0. The first-order valence-electron chi connectivity index (χ1n) is 7.23. The molecular weight excluding hydrogens is 279 g/mol. The lowest BCUT2D eigenvalue weighted by Crippen LogP contribution is -2.20. The van der Waals surface area contributed by atoms with E-state index in [-0.39, 0.29) is 11.9 Å². The minimum absolute atomic E-state index is 0.234. The van der Waals surface area contributed by atoms with E-state index >= 15 is 0 Å². The fourth-order valence-corrected chi connectivity index (χ4v) is 3.08. The maximum Gasteiger partial charge on any atom is 0.137 e. The molecule has 1 aromatic heterocycles. The van der Waals surface area contributed by atoms with Crippen molar-refractivity contribution in [3.8, 4) is 0 Å². The van der Waals surface area contributed by atoms with Crippen molar-refractivity contribution in [1.29, 1.82) is 0 Å². The van der Waals surface area contributed by atoms with E-state index in [2.05, 4.69) is 21.4 Å². The number of hydrogen-bond acceptors (Lipinski definition) is 4. The molecule has 5 heteroatoms. The largest absolute Gasteiger partial charge is 0.399 e. The lowest BCUT2D eigenvalue weighted by Gasteiger charge is -2.14. The number of hydrogen-bond donors (Lipinski definition) is 2. The molecule has 2 aromatic carbocycles. The second kappa shape index (κ2) is 4.94. The summed E-state index contributed by atoms with van der Waals surface area (Å²) >= 11 is 0. The Balaban J connectivity index is 1.64. The molecule has 3 N–H and O–H groups in total. The zero-order valence-electron chi connectivity index (χ0n) is 11.9. The van der Waals surface area contributed by atoms with E-state index in [1.165, 1.54) is 29.6 Å². The molecule has 1 aliphatic carbocycles. The number of nitrogens with one attached hydrogen (secondary N) is 1. The van der Waals surface area contributed by atoms with Gasteiger partial charge in [0.25, 0.3) is 0 Å². The second-order valence-electron chi connectivity index (χ2n) is 5.66. The van der Waals surface area contributed by atoms with E-state index in [0.717, 1.165) is 24.0 Å². The van der Waals surface area contributed by atoms with Crippen molar-refractivity contribution in [2.75, 3.05) is 11.1 Å². The Morgan fingerprint density at radius 1 is 1.05 bits per heavy atom. The SMILES string of the molecule is Nc1ccc2c(c1)CC(Nc1ncnc3ccc(F)cc13)C2. The molecule has 0 bridgehead atoms. The first-order valence-corrected chi connectivity index (χ1v) is 7.23. The average Bonchev–Trinajstić information content (AvgIpc) is 2.89. The van der Waals surface area contributed by atoms with E-state index in [4.69, 9.17) is 5.73 Å². The predicted octanol–water partition coefficient (Wildman–Crippen LogP) is 2.93. The quantitative estimate of drug-likeness (QED) is 0.713. The number of anilines is 2. The Morgan fingerprint density at radius 2 is 1.91 bits per heavy atom. The van der Waals surface area contributed by atoms with Crippen molar-refractivity contribution >= 4 is 22.4 Å². The molecule has 1 unspecified atom stereocenters. The van der Waals surface area contributed by atoms with Crippen molar-refractivity contribution in [2.45, 2.75) is 18.9 Å². The van der Waals surface area contributed by atoms with Crippen LogP contribution in [0.15, 0.2) is 42.7 Å². The van der Waals surface area contributed by atoms with Gasteiger partial charge in [-0.2, -0.15) is 0 Å². The van der Waals surface area contributed by atoms with Gasteiger partial charge in [-0.1, -0.05) is 6.07 Å². The van der Waals surface area contributed by atoms with Crippen LogP contribution in [-0.4, -0.2) is 16.0 Å². The number of rotatable bonds is 2. The zero-order valence-corrected chi connectivity index (χ0v) is 11.9. The van der Waals surface area contributed by atoms with Crippen molar-refractivity contribution in [2.24, 2.45) is 0 Å². The second-order valence-corrected chi connectivity index (χ2v) is 5.66. The highest BCUT2D eigenvalue weighted by molar-refractivity contribution is 5.88. The van der Waals surface area contributed by atoms with Gasteiger partial charge in [0, 0.05) is 17.1 Å². The van der Waals surface area contributed by atoms with Crippen LogP contribution in [0.3, 0.4) is 0 Å². The third-order valence-corrected chi connectivity index (χ3v) is 4.10. The average molecular weight is 294 g/mol. The van der Waals surface area contributed by atoms with Gasteiger partial charge in [0.05, 0.1) is 5.52 Å². The number of nitrogens with two attached hydrogens (primary N) is 1. The minimum Gasteiger partial charge on any atom is -0.399 e. The van der Waals surface area contributed by atoms with Gasteiger partial charge in [-0.05, 0) is 54.3 Å². The van der Waals surface area contributed by atoms with E-state index in [1.807, 2.05) is 12.1 Å². The van der Waals surface area contributed by atoms with Gasteiger partial charge in [0.15, 0.2) is 0 Å². The van der Waals surface area contributed by atoms with Crippen LogP contribution in [-0.2, 0) is 12.8 Å². The van der Waals surface area contributed by atoms with E-state index < -0.39 is 0 Å². The van der Waals surface area contributed by atoms with Gasteiger partial charge in [-0.15, -0.1) is 0 Å². The van der Waals surface area contributed by atoms with Crippen LogP contribution in [0.5, 0.6) is 0 Å². The van der Waals surface area contributed by atoms with Crippen molar-refractivity contribution in [1.82, 2.24) is 9.97 Å². The monoisotopic (exact) mass is 294 g/mol. The van der Waals surface area contributed by atoms with Gasteiger partial charge < -0.3 is 11.1 Å². The van der Waals surface area contributed by atoms with E-state index in [0.29, 0.717) is 11.2 Å². The standard InChI is InChI=1S/C17H15FN4/c18-12-2-4-16-15(8-12)17(21-9-20-16)22-14-6-10-1-3-13(19)5-11(10)7-14/h1-5,8-9,14H,6-7,19H2,(H,20,21,22). The Hall–Kier alpha value is -2.69. The zero-order chi connectivity index (χ0) is 15.1. The maximum absolute atomic E-state index is 13.5. The highest BCUT2D eigenvalue weighted by Gasteiger charge is 2.22. The fourth-order valence-electron chi connectivity index (χ4n) is 3.08. The summed E-state index contributed by atoms with van der Waals surface area (Å²) in [6, 6.07) is 10.8. The molecule has 110 valence electrons. The van der Waals surface area contributed by atoms with Crippen LogP contribution in [0, 0.1) is 5.82 Å². The molecule has 4 nitrogen and oxygen atoms in total. The molecule has 0 amide bonds. The van der Waals surface area contributed by atoms with Crippen LogP contribution in [0.4, 0.5) is 15.9 Å². The molecule has 1 aliphatic rings. The van der Waals surface area contributed by atoms with E-state index in [1.54, 1.807) is 6.07 Å². The molecule has 0 saturated heterocycles. The van der Waals surface area contributed by atoms with Gasteiger partial charge in [0.1, 0.15) is 18.0 Å². The van der Waals surface area contributed by atoms with Gasteiger partial charge in [-0.3, -0.25) is 0 Å². The molecule has 0 aliphatic heterocycles. The molecular formula is C17H15FN4. The minimum atomic E-state index is -0.284. The summed E-state index contributed by atoms with van der Waals surface area (Å²) < 4.78 is 13.5. The van der Waals surface area contributed by atoms with Gasteiger partial charge in [0.2, 0.25) is 0 Å². The Morgan fingerprint density at radius 3 is 2.82 bits per heavy atom. The lowest BCUT2D eigenvalue weighted by molar-refractivity contribution is 0.629. The van der Waals surface area contributed by atoms with Crippen LogP contribution in [0.2, 0.25) is 0 Å². The lowest BCUT2D eigenvalue weighted by atomic mass is 10.1. The topological polar surface area (TPSA) is 63.8 Å².